The minimum absolute atomic E-state index is 0. The largest absolute Gasteiger partial charge is 0.338 e. The molecular weight excluding hydrogens is 384 g/mol. The molecule has 0 saturated carbocycles. The van der Waals surface area contributed by atoms with Crippen molar-refractivity contribution < 1.29 is 13.2 Å². The molecular formula is C20H23ClN2O3S. The average molecular weight is 407 g/mol. The lowest BCUT2D eigenvalue weighted by atomic mass is 10.0. The zero-order chi connectivity index (χ0) is 18.1. The highest BCUT2D eigenvalue weighted by Crippen LogP contribution is 2.27. The van der Waals surface area contributed by atoms with Crippen LogP contribution in [0.25, 0.3) is 0 Å². The SMILES string of the molecule is Cl.O=C(c1cccc(CS(=O)(=O)c2ccccc2)c1)N1C[C@H]2CNC[C@H]2C1. The summed E-state index contributed by atoms with van der Waals surface area (Å²) >= 11 is 0. The number of amides is 1. The van der Waals surface area contributed by atoms with Crippen LogP contribution in [0.3, 0.4) is 0 Å². The highest BCUT2D eigenvalue weighted by atomic mass is 35.5. The summed E-state index contributed by atoms with van der Waals surface area (Å²) in [6.45, 7) is 3.51. The van der Waals surface area contributed by atoms with Crippen molar-refractivity contribution in [1.29, 1.82) is 0 Å². The van der Waals surface area contributed by atoms with Gasteiger partial charge in [-0.05, 0) is 41.7 Å². The van der Waals surface area contributed by atoms with Crippen LogP contribution in [0.2, 0.25) is 0 Å². The molecule has 2 saturated heterocycles. The summed E-state index contributed by atoms with van der Waals surface area (Å²) in [7, 11) is -3.42. The fourth-order valence-corrected chi connectivity index (χ4v) is 5.29. The maximum absolute atomic E-state index is 12.8. The molecule has 4 rings (SSSR count). The van der Waals surface area contributed by atoms with E-state index in [4.69, 9.17) is 0 Å². The smallest absolute Gasteiger partial charge is 0.253 e. The minimum Gasteiger partial charge on any atom is -0.338 e. The number of likely N-dealkylation sites (tertiary alicyclic amines) is 1. The molecule has 2 aromatic rings. The molecule has 2 atom stereocenters. The molecule has 27 heavy (non-hydrogen) atoms. The van der Waals surface area contributed by atoms with Crippen LogP contribution in [0, 0.1) is 11.8 Å². The van der Waals surface area contributed by atoms with Crippen LogP contribution in [0.15, 0.2) is 59.5 Å². The van der Waals surface area contributed by atoms with E-state index in [1.807, 2.05) is 4.90 Å². The van der Waals surface area contributed by atoms with Gasteiger partial charge in [-0.25, -0.2) is 8.42 Å². The number of rotatable bonds is 4. The maximum atomic E-state index is 12.8. The Balaban J connectivity index is 0.00000210. The van der Waals surface area contributed by atoms with E-state index < -0.39 is 9.84 Å². The number of fused-ring (bicyclic) bond motifs is 1. The van der Waals surface area contributed by atoms with E-state index in [1.54, 1.807) is 54.6 Å². The van der Waals surface area contributed by atoms with E-state index in [9.17, 15) is 13.2 Å². The standard InChI is InChI=1S/C20H22N2O3S.ClH/c23-20(22-12-17-10-21-11-18(17)13-22)16-6-4-5-15(9-16)14-26(24,25)19-7-2-1-3-8-19;/h1-9,17-18,21H,10-14H2;1H/t17-,18+;. The average Bonchev–Trinajstić information content (AvgIpc) is 3.24. The third-order valence-electron chi connectivity index (χ3n) is 5.31. The lowest BCUT2D eigenvalue weighted by Crippen LogP contribution is -2.31. The molecule has 2 aromatic carbocycles. The van der Waals surface area contributed by atoms with E-state index >= 15 is 0 Å². The fraction of sp³-hybridized carbons (Fsp3) is 0.350. The Morgan fingerprint density at radius 1 is 1.00 bits per heavy atom. The molecule has 0 aromatic heterocycles. The summed E-state index contributed by atoms with van der Waals surface area (Å²) in [5.74, 6) is 0.979. The van der Waals surface area contributed by atoms with Crippen molar-refractivity contribution in [2.24, 2.45) is 11.8 Å². The summed E-state index contributed by atoms with van der Waals surface area (Å²) in [6.07, 6.45) is 0. The van der Waals surface area contributed by atoms with Crippen LogP contribution >= 0.6 is 12.4 Å². The van der Waals surface area contributed by atoms with Gasteiger partial charge in [0, 0.05) is 31.7 Å². The second-order valence-electron chi connectivity index (χ2n) is 7.16. The van der Waals surface area contributed by atoms with Gasteiger partial charge in [-0.3, -0.25) is 4.79 Å². The van der Waals surface area contributed by atoms with Crippen molar-refractivity contribution in [3.8, 4) is 0 Å². The first-order valence-corrected chi connectivity index (χ1v) is 10.5. The van der Waals surface area contributed by atoms with Crippen molar-refractivity contribution in [2.45, 2.75) is 10.6 Å². The summed E-state index contributed by atoms with van der Waals surface area (Å²) in [6, 6.07) is 15.4. The van der Waals surface area contributed by atoms with Gasteiger partial charge in [-0.15, -0.1) is 12.4 Å². The van der Waals surface area contributed by atoms with Gasteiger partial charge < -0.3 is 10.2 Å². The molecule has 0 radical (unpaired) electrons. The zero-order valence-corrected chi connectivity index (χ0v) is 16.5. The number of hydrogen-bond acceptors (Lipinski definition) is 4. The van der Waals surface area contributed by atoms with Gasteiger partial charge in [0.2, 0.25) is 0 Å². The molecule has 1 amide bonds. The first-order valence-electron chi connectivity index (χ1n) is 8.90. The molecule has 2 aliphatic rings. The third-order valence-corrected chi connectivity index (χ3v) is 7.01. The summed E-state index contributed by atoms with van der Waals surface area (Å²) in [5.41, 5.74) is 1.21. The lowest BCUT2D eigenvalue weighted by molar-refractivity contribution is 0.0781. The Morgan fingerprint density at radius 3 is 2.33 bits per heavy atom. The lowest BCUT2D eigenvalue weighted by Gasteiger charge is -2.18. The highest BCUT2D eigenvalue weighted by molar-refractivity contribution is 7.90. The number of carbonyl (C=O) groups is 1. The first-order chi connectivity index (χ1) is 12.5. The quantitative estimate of drug-likeness (QED) is 0.846. The molecule has 1 N–H and O–H groups in total. The number of carbonyl (C=O) groups excluding carboxylic acids is 1. The van der Waals surface area contributed by atoms with E-state index in [1.165, 1.54) is 0 Å². The number of nitrogens with zero attached hydrogens (tertiary/aromatic N) is 1. The topological polar surface area (TPSA) is 66.5 Å². The Morgan fingerprint density at radius 2 is 1.67 bits per heavy atom. The predicted molar refractivity (Wildman–Crippen MR) is 107 cm³/mol. The molecule has 0 aliphatic carbocycles. The monoisotopic (exact) mass is 406 g/mol. The van der Waals surface area contributed by atoms with Crippen molar-refractivity contribution in [1.82, 2.24) is 10.2 Å². The van der Waals surface area contributed by atoms with Crippen LogP contribution in [0.4, 0.5) is 0 Å². The zero-order valence-electron chi connectivity index (χ0n) is 14.9. The minimum atomic E-state index is -3.42. The van der Waals surface area contributed by atoms with Crippen LogP contribution in [0.5, 0.6) is 0 Å². The molecule has 144 valence electrons. The van der Waals surface area contributed by atoms with Gasteiger partial charge in [0.15, 0.2) is 9.84 Å². The second-order valence-corrected chi connectivity index (χ2v) is 9.15. The Labute approximate surface area is 166 Å². The van der Waals surface area contributed by atoms with Crippen LogP contribution in [0.1, 0.15) is 15.9 Å². The Bertz CT molecular complexity index is 906. The number of hydrogen-bond donors (Lipinski definition) is 1. The van der Waals surface area contributed by atoms with Gasteiger partial charge in [0.25, 0.3) is 5.91 Å². The fourth-order valence-electron chi connectivity index (χ4n) is 3.93. The van der Waals surface area contributed by atoms with Crippen molar-refractivity contribution in [3.63, 3.8) is 0 Å². The van der Waals surface area contributed by atoms with E-state index in [0.717, 1.165) is 26.2 Å². The van der Waals surface area contributed by atoms with Crippen LogP contribution < -0.4 is 5.32 Å². The van der Waals surface area contributed by atoms with Gasteiger partial charge in [-0.1, -0.05) is 30.3 Å². The van der Waals surface area contributed by atoms with Crippen LogP contribution in [-0.4, -0.2) is 45.4 Å². The highest BCUT2D eigenvalue weighted by Gasteiger charge is 2.38. The van der Waals surface area contributed by atoms with Gasteiger partial charge in [-0.2, -0.15) is 0 Å². The van der Waals surface area contributed by atoms with Crippen molar-refractivity contribution in [2.75, 3.05) is 26.2 Å². The van der Waals surface area contributed by atoms with Gasteiger partial charge in [0.1, 0.15) is 0 Å². The van der Waals surface area contributed by atoms with E-state index in [-0.39, 0.29) is 24.1 Å². The molecule has 2 fully saturated rings. The second kappa shape index (κ2) is 8.00. The molecule has 0 unspecified atom stereocenters. The Kier molecular flexibility index (Phi) is 5.89. The third kappa shape index (κ3) is 4.18. The summed E-state index contributed by atoms with van der Waals surface area (Å²) in [5, 5.41) is 3.37. The number of sulfone groups is 1. The molecule has 0 spiro atoms. The molecule has 0 bridgehead atoms. The first kappa shape index (κ1) is 19.9. The maximum Gasteiger partial charge on any atom is 0.253 e. The number of halogens is 1. The molecule has 5 nitrogen and oxygen atoms in total. The van der Waals surface area contributed by atoms with Gasteiger partial charge in [0.05, 0.1) is 10.6 Å². The van der Waals surface area contributed by atoms with Crippen molar-refractivity contribution in [3.05, 3.63) is 65.7 Å². The summed E-state index contributed by atoms with van der Waals surface area (Å²) in [4.78, 5) is 15.0. The molecule has 2 heterocycles. The van der Waals surface area contributed by atoms with Crippen molar-refractivity contribution >= 4 is 28.2 Å². The number of nitrogens with one attached hydrogen (secondary N) is 1. The predicted octanol–water partition coefficient (Wildman–Crippen LogP) is 2.37. The molecule has 2 aliphatic heterocycles. The summed E-state index contributed by atoms with van der Waals surface area (Å²) < 4.78 is 25.1. The van der Waals surface area contributed by atoms with Gasteiger partial charge >= 0.3 is 0 Å². The Hall–Kier alpha value is -1.89. The normalized spacial score (nSPS) is 21.6. The van der Waals surface area contributed by atoms with E-state index in [2.05, 4.69) is 5.32 Å². The number of benzene rings is 2. The molecule has 7 heteroatoms. The van der Waals surface area contributed by atoms with Crippen LogP contribution in [-0.2, 0) is 15.6 Å². The van der Waals surface area contributed by atoms with E-state index in [0.29, 0.717) is 27.9 Å².